The van der Waals surface area contributed by atoms with E-state index in [-0.39, 0.29) is 23.8 Å². The number of carbonyl (C=O) groups is 2. The lowest BCUT2D eigenvalue weighted by Gasteiger charge is -2.18. The number of anilines is 1. The molecule has 0 atom stereocenters. The Hall–Kier alpha value is -3.88. The van der Waals surface area contributed by atoms with Gasteiger partial charge in [0.05, 0.1) is 20.3 Å². The molecule has 0 saturated carbocycles. The van der Waals surface area contributed by atoms with E-state index in [0.29, 0.717) is 42.1 Å². The Morgan fingerprint density at radius 2 is 1.94 bits per heavy atom. The van der Waals surface area contributed by atoms with Crippen LogP contribution in [-0.4, -0.2) is 41.9 Å². The molecule has 1 amide bonds. The molecule has 9 nitrogen and oxygen atoms in total. The predicted octanol–water partition coefficient (Wildman–Crippen LogP) is 4.37. The molecule has 2 aromatic heterocycles. The summed E-state index contributed by atoms with van der Waals surface area (Å²) in [6, 6.07) is 10.9. The van der Waals surface area contributed by atoms with Crippen LogP contribution in [0.25, 0.3) is 22.2 Å². The van der Waals surface area contributed by atoms with E-state index in [1.165, 1.54) is 14.0 Å². The Morgan fingerprint density at radius 3 is 2.68 bits per heavy atom. The number of nitrogens with zero attached hydrogens (tertiary/aromatic N) is 2. The maximum atomic E-state index is 13.5. The van der Waals surface area contributed by atoms with Gasteiger partial charge >= 0.3 is 12.1 Å². The number of unbranched alkanes of at least 4 members (excludes halogenated alkanes) is 1. The minimum Gasteiger partial charge on any atom is -0.493 e. The molecule has 34 heavy (non-hydrogen) atoms. The molecule has 0 saturated heterocycles. The summed E-state index contributed by atoms with van der Waals surface area (Å²) in [6.45, 7) is 4.50. The molecule has 0 fully saturated rings. The molecule has 0 unspecified atom stereocenters. The number of hydrogen-bond acceptors (Lipinski definition) is 7. The normalized spacial score (nSPS) is 10.7. The monoisotopic (exact) mass is 467 g/mol. The summed E-state index contributed by atoms with van der Waals surface area (Å²) >= 11 is 0. The maximum Gasteiger partial charge on any atom is 0.411 e. The molecule has 0 aliphatic carbocycles. The molecular formula is C25H29N3O6. The number of carbonyl (C=O) groups excluding carboxylic acids is 2. The van der Waals surface area contributed by atoms with Crippen molar-refractivity contribution >= 4 is 28.8 Å². The fraction of sp³-hybridized carbons (Fsp3) is 0.360. The van der Waals surface area contributed by atoms with Gasteiger partial charge in [-0.05, 0) is 36.2 Å². The van der Waals surface area contributed by atoms with Gasteiger partial charge in [-0.25, -0.2) is 9.78 Å². The molecule has 0 aliphatic heterocycles. The summed E-state index contributed by atoms with van der Waals surface area (Å²) in [5.41, 5.74) is 1.53. The van der Waals surface area contributed by atoms with Crippen molar-refractivity contribution in [3.8, 4) is 16.9 Å². The average Bonchev–Trinajstić information content (AvgIpc) is 2.84. The lowest BCUT2D eigenvalue weighted by atomic mass is 10.00. The first kappa shape index (κ1) is 24.8. The SMILES string of the molecule is CCCCn1c(=O)c(NC(=O)OC)c(-c2cccc(OCCCOC(C)=O)c2)c2cccnc21. The zero-order chi connectivity index (χ0) is 24.5. The highest BCUT2D eigenvalue weighted by Crippen LogP contribution is 2.34. The zero-order valence-corrected chi connectivity index (χ0v) is 19.6. The van der Waals surface area contributed by atoms with Crippen molar-refractivity contribution in [3.63, 3.8) is 0 Å². The molecule has 0 spiro atoms. The first-order chi connectivity index (χ1) is 16.5. The van der Waals surface area contributed by atoms with Crippen LogP contribution in [0.5, 0.6) is 5.75 Å². The zero-order valence-electron chi connectivity index (χ0n) is 19.6. The van der Waals surface area contributed by atoms with Crippen LogP contribution in [0.15, 0.2) is 47.4 Å². The Morgan fingerprint density at radius 1 is 1.12 bits per heavy atom. The number of aryl methyl sites for hydroxylation is 1. The van der Waals surface area contributed by atoms with Crippen LogP contribution in [0.1, 0.15) is 33.1 Å². The molecule has 1 aromatic carbocycles. The van der Waals surface area contributed by atoms with E-state index >= 15 is 0 Å². The number of ether oxygens (including phenoxy) is 3. The molecule has 0 bridgehead atoms. The molecule has 0 aliphatic rings. The van der Waals surface area contributed by atoms with Crippen LogP contribution in [0.3, 0.4) is 0 Å². The summed E-state index contributed by atoms with van der Waals surface area (Å²) in [6.07, 6.45) is 3.14. The van der Waals surface area contributed by atoms with Crippen molar-refractivity contribution in [2.75, 3.05) is 25.6 Å². The highest BCUT2D eigenvalue weighted by atomic mass is 16.5. The second kappa shape index (κ2) is 11.8. The van der Waals surface area contributed by atoms with E-state index in [9.17, 15) is 14.4 Å². The number of benzene rings is 1. The lowest BCUT2D eigenvalue weighted by molar-refractivity contribution is -0.141. The lowest BCUT2D eigenvalue weighted by Crippen LogP contribution is -2.28. The minimum atomic E-state index is -0.735. The third-order valence-corrected chi connectivity index (χ3v) is 5.15. The fourth-order valence-corrected chi connectivity index (χ4v) is 3.58. The number of rotatable bonds is 10. The Labute approximate surface area is 197 Å². The molecule has 180 valence electrons. The van der Waals surface area contributed by atoms with Crippen molar-refractivity contribution in [1.29, 1.82) is 0 Å². The second-order valence-corrected chi connectivity index (χ2v) is 7.62. The van der Waals surface area contributed by atoms with E-state index < -0.39 is 6.09 Å². The molecule has 1 N–H and O–H groups in total. The van der Waals surface area contributed by atoms with Gasteiger partial charge in [-0.2, -0.15) is 0 Å². The van der Waals surface area contributed by atoms with Gasteiger partial charge in [0.1, 0.15) is 17.1 Å². The van der Waals surface area contributed by atoms with E-state index in [1.807, 2.05) is 25.1 Å². The van der Waals surface area contributed by atoms with Gasteiger partial charge in [0.25, 0.3) is 5.56 Å². The van der Waals surface area contributed by atoms with Crippen molar-refractivity contribution in [2.24, 2.45) is 0 Å². The van der Waals surface area contributed by atoms with Crippen molar-refractivity contribution < 1.29 is 23.8 Å². The summed E-state index contributed by atoms with van der Waals surface area (Å²) in [5, 5.41) is 3.33. The van der Waals surface area contributed by atoms with Crippen LogP contribution < -0.4 is 15.6 Å². The van der Waals surface area contributed by atoms with Crippen molar-refractivity contribution in [2.45, 2.75) is 39.7 Å². The van der Waals surface area contributed by atoms with Gasteiger partial charge in [-0.15, -0.1) is 0 Å². The molecule has 3 aromatic rings. The van der Waals surface area contributed by atoms with Gasteiger partial charge in [0.2, 0.25) is 0 Å². The molecule has 3 rings (SSSR count). The van der Waals surface area contributed by atoms with E-state index in [4.69, 9.17) is 14.2 Å². The van der Waals surface area contributed by atoms with Crippen LogP contribution in [0.2, 0.25) is 0 Å². The smallest absolute Gasteiger partial charge is 0.411 e. The number of nitrogens with one attached hydrogen (secondary N) is 1. The first-order valence-corrected chi connectivity index (χ1v) is 11.2. The van der Waals surface area contributed by atoms with Crippen LogP contribution in [0.4, 0.5) is 10.5 Å². The standard InChI is InChI=1S/C25H29N3O6/c1-4-5-13-28-23-20(11-7-12-26-23)21(22(24(28)30)27-25(31)32-3)18-9-6-10-19(16-18)34-15-8-14-33-17(2)29/h6-7,9-12,16H,4-5,8,13-15H2,1-3H3,(H,27,31). The largest absolute Gasteiger partial charge is 0.493 e. The van der Waals surface area contributed by atoms with Crippen molar-refractivity contribution in [3.05, 3.63) is 52.9 Å². The molecule has 0 radical (unpaired) electrons. The quantitative estimate of drug-likeness (QED) is 0.348. The number of methoxy groups -OCH3 is 1. The average molecular weight is 468 g/mol. The molecule has 9 heteroatoms. The van der Waals surface area contributed by atoms with Gasteiger partial charge in [0, 0.05) is 37.0 Å². The Balaban J connectivity index is 2.07. The first-order valence-electron chi connectivity index (χ1n) is 11.2. The number of amides is 1. The highest BCUT2D eigenvalue weighted by Gasteiger charge is 2.21. The Bertz CT molecular complexity index is 1220. The maximum absolute atomic E-state index is 13.5. The highest BCUT2D eigenvalue weighted by molar-refractivity contribution is 6.03. The summed E-state index contributed by atoms with van der Waals surface area (Å²) in [7, 11) is 1.25. The number of fused-ring (bicyclic) bond motifs is 1. The molecule has 2 heterocycles. The van der Waals surface area contributed by atoms with Crippen LogP contribution in [-0.2, 0) is 20.8 Å². The third kappa shape index (κ3) is 5.92. The van der Waals surface area contributed by atoms with Crippen LogP contribution in [0, 0.1) is 0 Å². The van der Waals surface area contributed by atoms with Gasteiger partial charge < -0.3 is 14.2 Å². The van der Waals surface area contributed by atoms with E-state index in [0.717, 1.165) is 18.2 Å². The van der Waals surface area contributed by atoms with Gasteiger partial charge in [-0.3, -0.25) is 19.5 Å². The molecular weight excluding hydrogens is 438 g/mol. The van der Waals surface area contributed by atoms with Gasteiger partial charge in [-0.1, -0.05) is 25.5 Å². The van der Waals surface area contributed by atoms with Crippen molar-refractivity contribution in [1.82, 2.24) is 9.55 Å². The number of aromatic nitrogens is 2. The van der Waals surface area contributed by atoms with Crippen LogP contribution >= 0.6 is 0 Å². The van der Waals surface area contributed by atoms with E-state index in [2.05, 4.69) is 10.3 Å². The fourth-order valence-electron chi connectivity index (χ4n) is 3.58. The predicted molar refractivity (Wildman–Crippen MR) is 129 cm³/mol. The third-order valence-electron chi connectivity index (χ3n) is 5.15. The summed E-state index contributed by atoms with van der Waals surface area (Å²) < 4.78 is 17.1. The summed E-state index contributed by atoms with van der Waals surface area (Å²) in [4.78, 5) is 41.0. The second-order valence-electron chi connectivity index (χ2n) is 7.62. The summed E-state index contributed by atoms with van der Waals surface area (Å²) in [5.74, 6) is 0.248. The minimum absolute atomic E-state index is 0.121. The number of hydrogen-bond donors (Lipinski definition) is 1. The topological polar surface area (TPSA) is 109 Å². The number of pyridine rings is 2. The number of esters is 1. The Kier molecular flexibility index (Phi) is 8.61. The van der Waals surface area contributed by atoms with E-state index in [1.54, 1.807) is 29.0 Å². The van der Waals surface area contributed by atoms with Gasteiger partial charge in [0.15, 0.2) is 0 Å².